The van der Waals surface area contributed by atoms with Crippen LogP contribution in [0.5, 0.6) is 0 Å². The van der Waals surface area contributed by atoms with Crippen molar-refractivity contribution in [1.29, 1.82) is 0 Å². The van der Waals surface area contributed by atoms with E-state index in [1.54, 1.807) is 11.1 Å². The molecule has 0 radical (unpaired) electrons. The third-order valence-corrected chi connectivity index (χ3v) is 3.21. The zero-order valence-corrected chi connectivity index (χ0v) is 9.96. The minimum absolute atomic E-state index is 0.329. The maximum Gasteiger partial charge on any atom is 0.00680 e. The molecule has 0 bridgehead atoms. The molecular formula is C15H20. The Morgan fingerprint density at radius 2 is 1.40 bits per heavy atom. The van der Waals surface area contributed by atoms with E-state index in [0.717, 1.165) is 12.8 Å². The lowest BCUT2D eigenvalue weighted by Crippen LogP contribution is -2.23. The number of allylic oxidation sites excluding steroid dienone is 8. The summed E-state index contributed by atoms with van der Waals surface area (Å²) in [5.41, 5.74) is 3.49. The SMILES string of the molecule is CC(C)(C)C(C1=CC=CC1)C1=CC=CC1. The largest absolute Gasteiger partial charge is 0.0804 e. The molecular weight excluding hydrogens is 180 g/mol. The van der Waals surface area contributed by atoms with E-state index in [-0.39, 0.29) is 0 Å². The van der Waals surface area contributed by atoms with E-state index >= 15 is 0 Å². The molecule has 0 aromatic rings. The van der Waals surface area contributed by atoms with E-state index in [2.05, 4.69) is 57.2 Å². The van der Waals surface area contributed by atoms with Gasteiger partial charge < -0.3 is 0 Å². The van der Waals surface area contributed by atoms with E-state index in [4.69, 9.17) is 0 Å². The van der Waals surface area contributed by atoms with Crippen LogP contribution in [-0.2, 0) is 0 Å². The molecule has 0 aromatic carbocycles. The van der Waals surface area contributed by atoms with Crippen LogP contribution >= 0.6 is 0 Å². The molecule has 0 aliphatic heterocycles. The van der Waals surface area contributed by atoms with Gasteiger partial charge in [0.25, 0.3) is 0 Å². The highest BCUT2D eigenvalue weighted by molar-refractivity contribution is 5.37. The molecule has 0 aromatic heterocycles. The van der Waals surface area contributed by atoms with E-state index in [1.165, 1.54) is 0 Å². The average molecular weight is 200 g/mol. The van der Waals surface area contributed by atoms with Crippen LogP contribution in [0.3, 0.4) is 0 Å². The standard InChI is InChI=1S/C15H20/c1-15(2,3)14(12-8-4-5-9-12)13-10-6-7-11-13/h4-8,10,14H,9,11H2,1-3H3. The lowest BCUT2D eigenvalue weighted by Gasteiger charge is -2.33. The summed E-state index contributed by atoms with van der Waals surface area (Å²) in [5, 5.41) is 0. The zero-order valence-electron chi connectivity index (χ0n) is 9.96. The predicted molar refractivity (Wildman–Crippen MR) is 66.6 cm³/mol. The first-order chi connectivity index (χ1) is 7.09. The highest BCUT2D eigenvalue weighted by Crippen LogP contribution is 2.42. The summed E-state index contributed by atoms with van der Waals surface area (Å²) in [6.07, 6.45) is 15.8. The Morgan fingerprint density at radius 1 is 0.933 bits per heavy atom. The molecule has 0 nitrogen and oxygen atoms in total. The number of hydrogen-bond donors (Lipinski definition) is 0. The highest BCUT2D eigenvalue weighted by Gasteiger charge is 2.31. The molecule has 0 unspecified atom stereocenters. The van der Waals surface area contributed by atoms with Crippen LogP contribution in [0.1, 0.15) is 33.6 Å². The Bertz CT molecular complexity index is 326. The predicted octanol–water partition coefficient (Wildman–Crippen LogP) is 4.42. The molecule has 0 heterocycles. The van der Waals surface area contributed by atoms with Gasteiger partial charge in [0.1, 0.15) is 0 Å². The normalized spacial score (nSPS) is 20.0. The van der Waals surface area contributed by atoms with Gasteiger partial charge in [-0.25, -0.2) is 0 Å². The van der Waals surface area contributed by atoms with E-state index in [0.29, 0.717) is 11.3 Å². The first-order valence-electron chi connectivity index (χ1n) is 5.80. The van der Waals surface area contributed by atoms with Gasteiger partial charge in [0.05, 0.1) is 0 Å². The van der Waals surface area contributed by atoms with Gasteiger partial charge in [0, 0.05) is 5.92 Å². The van der Waals surface area contributed by atoms with Gasteiger partial charge in [-0.1, -0.05) is 68.4 Å². The summed E-state index contributed by atoms with van der Waals surface area (Å²) >= 11 is 0. The van der Waals surface area contributed by atoms with Crippen LogP contribution in [-0.4, -0.2) is 0 Å². The Labute approximate surface area is 93.1 Å². The Morgan fingerprint density at radius 3 is 1.67 bits per heavy atom. The molecule has 0 heteroatoms. The molecule has 2 aliphatic rings. The Hall–Kier alpha value is -1.04. The first kappa shape index (κ1) is 10.5. The Kier molecular flexibility index (Phi) is 2.68. The molecule has 0 N–H and O–H groups in total. The molecule has 2 aliphatic carbocycles. The molecule has 0 saturated heterocycles. The molecule has 0 saturated carbocycles. The van der Waals surface area contributed by atoms with Crippen LogP contribution in [0.2, 0.25) is 0 Å². The van der Waals surface area contributed by atoms with Crippen LogP contribution in [0.15, 0.2) is 47.6 Å². The minimum Gasteiger partial charge on any atom is -0.0804 e. The summed E-state index contributed by atoms with van der Waals surface area (Å²) in [6.45, 7) is 7.03. The molecule has 0 fully saturated rings. The van der Waals surface area contributed by atoms with Crippen molar-refractivity contribution in [3.63, 3.8) is 0 Å². The first-order valence-corrected chi connectivity index (χ1v) is 5.80. The van der Waals surface area contributed by atoms with Crippen molar-refractivity contribution in [3.05, 3.63) is 47.6 Å². The molecule has 0 atom stereocenters. The summed E-state index contributed by atoms with van der Waals surface area (Å²) < 4.78 is 0. The lowest BCUT2D eigenvalue weighted by atomic mass is 9.71. The van der Waals surface area contributed by atoms with Crippen LogP contribution < -0.4 is 0 Å². The summed E-state index contributed by atoms with van der Waals surface area (Å²) in [4.78, 5) is 0. The maximum atomic E-state index is 2.34. The van der Waals surface area contributed by atoms with Crippen LogP contribution in [0.4, 0.5) is 0 Å². The molecule has 15 heavy (non-hydrogen) atoms. The van der Waals surface area contributed by atoms with Crippen molar-refractivity contribution in [2.45, 2.75) is 33.6 Å². The lowest BCUT2D eigenvalue weighted by molar-refractivity contribution is 0.312. The maximum absolute atomic E-state index is 2.34. The molecule has 80 valence electrons. The number of rotatable bonds is 2. The Balaban J connectivity index is 2.25. The fraction of sp³-hybridized carbons (Fsp3) is 0.467. The third-order valence-electron chi connectivity index (χ3n) is 3.21. The summed E-state index contributed by atoms with van der Waals surface area (Å²) in [6, 6.07) is 0. The van der Waals surface area contributed by atoms with Gasteiger partial charge in [-0.3, -0.25) is 0 Å². The zero-order chi connectivity index (χ0) is 10.9. The van der Waals surface area contributed by atoms with E-state index in [1.807, 2.05) is 0 Å². The van der Waals surface area contributed by atoms with Crippen molar-refractivity contribution in [2.24, 2.45) is 11.3 Å². The monoisotopic (exact) mass is 200 g/mol. The van der Waals surface area contributed by atoms with Crippen molar-refractivity contribution in [2.75, 3.05) is 0 Å². The van der Waals surface area contributed by atoms with Crippen molar-refractivity contribution in [3.8, 4) is 0 Å². The van der Waals surface area contributed by atoms with E-state index in [9.17, 15) is 0 Å². The van der Waals surface area contributed by atoms with Crippen LogP contribution in [0.25, 0.3) is 0 Å². The molecule has 0 amide bonds. The third kappa shape index (κ3) is 2.14. The second-order valence-electron chi connectivity index (χ2n) is 5.55. The van der Waals surface area contributed by atoms with Gasteiger partial charge >= 0.3 is 0 Å². The highest BCUT2D eigenvalue weighted by atomic mass is 14.3. The fourth-order valence-corrected chi connectivity index (χ4v) is 2.71. The molecule has 0 spiro atoms. The topological polar surface area (TPSA) is 0 Å². The fourth-order valence-electron chi connectivity index (χ4n) is 2.71. The second kappa shape index (κ2) is 3.84. The van der Waals surface area contributed by atoms with Crippen molar-refractivity contribution >= 4 is 0 Å². The van der Waals surface area contributed by atoms with Crippen molar-refractivity contribution in [1.82, 2.24) is 0 Å². The summed E-state index contributed by atoms with van der Waals surface area (Å²) in [7, 11) is 0. The average Bonchev–Trinajstić information content (AvgIpc) is 2.73. The number of hydrogen-bond acceptors (Lipinski definition) is 0. The molecule has 2 rings (SSSR count). The second-order valence-corrected chi connectivity index (χ2v) is 5.55. The van der Waals surface area contributed by atoms with Gasteiger partial charge in [0.15, 0.2) is 0 Å². The quantitative estimate of drug-likeness (QED) is 0.619. The van der Waals surface area contributed by atoms with Gasteiger partial charge in [-0.05, 0) is 18.3 Å². The smallest absolute Gasteiger partial charge is 0.00680 e. The van der Waals surface area contributed by atoms with Gasteiger partial charge in [0.2, 0.25) is 0 Å². The summed E-state index contributed by atoms with van der Waals surface area (Å²) in [5.74, 6) is 0.613. The minimum atomic E-state index is 0.329. The van der Waals surface area contributed by atoms with Gasteiger partial charge in [-0.2, -0.15) is 0 Å². The van der Waals surface area contributed by atoms with Gasteiger partial charge in [-0.15, -0.1) is 0 Å². The van der Waals surface area contributed by atoms with Crippen LogP contribution in [0, 0.1) is 11.3 Å². The van der Waals surface area contributed by atoms with Crippen molar-refractivity contribution < 1.29 is 0 Å². The van der Waals surface area contributed by atoms with E-state index < -0.39 is 0 Å².